The quantitative estimate of drug-likeness (QED) is 0.118. The van der Waals surface area contributed by atoms with Crippen LogP contribution in [0.2, 0.25) is 19.6 Å². The van der Waals surface area contributed by atoms with Crippen LogP contribution in [0.25, 0.3) is 72.4 Å². The van der Waals surface area contributed by atoms with E-state index >= 15 is 4.39 Å². The molecule has 0 saturated carbocycles. The number of nitrogens with zero attached hydrogens (tertiary/aromatic N) is 3. The van der Waals surface area contributed by atoms with E-state index in [4.69, 9.17) is 9.40 Å². The average molecular weight is 1010 g/mol. The second-order valence-corrected chi connectivity index (χ2v) is 23.7. The Morgan fingerprint density at radius 1 is 0.726 bits per heavy atom. The number of hydrogen-bond acceptors (Lipinski definition) is 3. The SMILES string of the molecule is CC(C)(C)c1cc[c-]c(-c2ccccn2)c1.CC(C)c1cc([Si](C)(C)C)cc(C(C)C)c1-n1c(-c2[c-]ccc3c2oc2cc(-c4ccccc4)c(F)cc23)nc2ccccc21.[Ir]. The van der Waals surface area contributed by atoms with E-state index in [0.29, 0.717) is 28.6 Å². The van der Waals surface area contributed by atoms with Gasteiger partial charge in [-0.05, 0) is 70.0 Å². The molecule has 4 nitrogen and oxygen atoms in total. The number of pyridine rings is 1. The van der Waals surface area contributed by atoms with Crippen LogP contribution in [0.1, 0.15) is 77.0 Å². The van der Waals surface area contributed by atoms with Gasteiger partial charge in [-0.3, -0.25) is 4.98 Å². The summed E-state index contributed by atoms with van der Waals surface area (Å²) in [5.74, 6) is 1.10. The summed E-state index contributed by atoms with van der Waals surface area (Å²) in [5, 5.41) is 3.05. The van der Waals surface area contributed by atoms with E-state index in [1.165, 1.54) is 27.6 Å². The van der Waals surface area contributed by atoms with E-state index in [2.05, 4.69) is 132 Å². The van der Waals surface area contributed by atoms with Crippen molar-refractivity contribution in [3.05, 3.63) is 168 Å². The maximum Gasteiger partial charge on any atom is 0.131 e. The molecule has 9 aromatic rings. The third-order valence-corrected chi connectivity index (χ3v) is 13.5. The van der Waals surface area contributed by atoms with Crippen molar-refractivity contribution >= 4 is 46.2 Å². The number of rotatable bonds is 7. The Kier molecular flexibility index (Phi) is 12.7. The molecule has 317 valence electrons. The van der Waals surface area contributed by atoms with Crippen molar-refractivity contribution in [3.63, 3.8) is 0 Å². The summed E-state index contributed by atoms with van der Waals surface area (Å²) in [6, 6.07) is 49.0. The third kappa shape index (κ3) is 8.77. The second-order valence-electron chi connectivity index (χ2n) is 18.7. The van der Waals surface area contributed by atoms with E-state index < -0.39 is 8.07 Å². The Labute approximate surface area is 380 Å². The van der Waals surface area contributed by atoms with E-state index in [-0.39, 0.29) is 31.3 Å². The molecule has 0 atom stereocenters. The van der Waals surface area contributed by atoms with Crippen molar-refractivity contribution in [2.75, 3.05) is 0 Å². The fourth-order valence-corrected chi connectivity index (χ4v) is 9.22. The molecule has 0 amide bonds. The molecule has 0 unspecified atom stereocenters. The largest absolute Gasteiger partial charge is 0.501 e. The Balaban J connectivity index is 0.000000286. The molecule has 7 heteroatoms. The van der Waals surface area contributed by atoms with Crippen LogP contribution in [-0.2, 0) is 25.5 Å². The predicted molar refractivity (Wildman–Crippen MR) is 256 cm³/mol. The third-order valence-electron chi connectivity index (χ3n) is 11.5. The molecule has 3 aromatic heterocycles. The standard InChI is InChI=1S/C40H38FN2OSi.C15H16N.Ir/c1-24(2)30-20-27(45(5,6)7)21-31(25(3)4)38(30)43-36-19-12-11-18-35(36)42-40(43)29-17-13-16-28-33-22-34(41)32(23-37(33)44-39(28)29)26-14-9-8-10-15-26;1-15(2,3)13-8-6-7-12(11-13)14-9-4-5-10-16-14;/h8-16,18-25H,1-7H3;4-6,8-11H,1-3H3;/q2*-1;. The molecule has 0 saturated heterocycles. The van der Waals surface area contributed by atoms with Gasteiger partial charge in [0.15, 0.2) is 0 Å². The topological polar surface area (TPSA) is 43.9 Å². The normalized spacial score (nSPS) is 12.0. The molecule has 1 radical (unpaired) electrons. The number of aromatic nitrogens is 3. The van der Waals surface area contributed by atoms with Crippen molar-refractivity contribution in [1.29, 1.82) is 0 Å². The maximum atomic E-state index is 15.6. The van der Waals surface area contributed by atoms with Gasteiger partial charge < -0.3 is 14.0 Å². The summed E-state index contributed by atoms with van der Waals surface area (Å²) < 4.78 is 24.5. The average Bonchev–Trinajstić information content (AvgIpc) is 3.81. The molecule has 6 aromatic carbocycles. The van der Waals surface area contributed by atoms with Gasteiger partial charge in [0.05, 0.1) is 30.5 Å². The van der Waals surface area contributed by atoms with Crippen LogP contribution in [0.5, 0.6) is 0 Å². The molecule has 3 heterocycles. The molecule has 0 N–H and O–H groups in total. The van der Waals surface area contributed by atoms with Crippen LogP contribution in [0, 0.1) is 17.9 Å². The zero-order chi connectivity index (χ0) is 43.2. The van der Waals surface area contributed by atoms with Crippen LogP contribution in [0.3, 0.4) is 0 Å². The van der Waals surface area contributed by atoms with E-state index in [0.717, 1.165) is 50.0 Å². The number of fused-ring (bicyclic) bond motifs is 4. The summed E-state index contributed by atoms with van der Waals surface area (Å²) >= 11 is 0. The summed E-state index contributed by atoms with van der Waals surface area (Å²) in [6.07, 6.45) is 1.81. The molecule has 0 bridgehead atoms. The fourth-order valence-electron chi connectivity index (χ4n) is 8.04. The van der Waals surface area contributed by atoms with E-state index in [1.807, 2.05) is 85.1 Å². The van der Waals surface area contributed by atoms with Gasteiger partial charge in [0.1, 0.15) is 11.4 Å². The number of furan rings is 1. The van der Waals surface area contributed by atoms with Gasteiger partial charge in [0, 0.05) is 42.9 Å². The van der Waals surface area contributed by atoms with Crippen LogP contribution in [-0.4, -0.2) is 22.6 Å². The van der Waals surface area contributed by atoms with Crippen molar-refractivity contribution in [1.82, 2.24) is 14.5 Å². The van der Waals surface area contributed by atoms with Gasteiger partial charge in [-0.2, -0.15) is 0 Å². The first-order chi connectivity index (χ1) is 29.1. The van der Waals surface area contributed by atoms with Gasteiger partial charge in [0.2, 0.25) is 0 Å². The van der Waals surface area contributed by atoms with E-state index in [1.54, 1.807) is 6.07 Å². The molecule has 0 fully saturated rings. The molecule has 62 heavy (non-hydrogen) atoms. The van der Waals surface area contributed by atoms with Gasteiger partial charge in [-0.25, -0.2) is 4.39 Å². The van der Waals surface area contributed by atoms with Gasteiger partial charge in [-0.1, -0.05) is 151 Å². The molecule has 0 spiro atoms. The number of imidazole rings is 1. The fraction of sp³-hybridized carbons (Fsp3) is 0.236. The number of hydrogen-bond donors (Lipinski definition) is 0. The Morgan fingerprint density at radius 2 is 1.39 bits per heavy atom. The molecule has 9 rings (SSSR count). The van der Waals surface area contributed by atoms with Crippen molar-refractivity contribution in [2.45, 2.75) is 85.4 Å². The smallest absolute Gasteiger partial charge is 0.131 e. The second kappa shape index (κ2) is 17.7. The first-order valence-electron chi connectivity index (χ1n) is 21.3. The van der Waals surface area contributed by atoms with Crippen molar-refractivity contribution in [3.8, 4) is 39.5 Å². The number of benzene rings is 6. The minimum absolute atomic E-state index is 0. The van der Waals surface area contributed by atoms with Crippen molar-refractivity contribution in [2.24, 2.45) is 0 Å². The molecule has 0 aliphatic carbocycles. The van der Waals surface area contributed by atoms with Crippen LogP contribution in [0.4, 0.5) is 4.39 Å². The van der Waals surface area contributed by atoms with Gasteiger partial charge in [0.25, 0.3) is 0 Å². The Hall–Kier alpha value is -5.46. The molecular weight excluding hydrogens is 958 g/mol. The number of halogens is 1. The van der Waals surface area contributed by atoms with Crippen LogP contribution < -0.4 is 5.19 Å². The zero-order valence-electron chi connectivity index (χ0n) is 37.3. The Morgan fingerprint density at radius 3 is 2.03 bits per heavy atom. The van der Waals surface area contributed by atoms with Crippen LogP contribution in [0.15, 0.2) is 138 Å². The van der Waals surface area contributed by atoms with Gasteiger partial charge >= 0.3 is 0 Å². The first-order valence-corrected chi connectivity index (χ1v) is 24.8. The maximum absolute atomic E-state index is 15.6. The summed E-state index contributed by atoms with van der Waals surface area (Å²) in [7, 11) is -1.59. The monoisotopic (exact) mass is 1010 g/mol. The number of para-hydroxylation sites is 2. The van der Waals surface area contributed by atoms with E-state index in [9.17, 15) is 0 Å². The zero-order valence-corrected chi connectivity index (χ0v) is 40.7. The molecular formula is C55H54FIrN3OSi-2. The Bertz CT molecular complexity index is 2980. The molecule has 0 aliphatic rings. The summed E-state index contributed by atoms with van der Waals surface area (Å²) in [4.78, 5) is 9.58. The summed E-state index contributed by atoms with van der Waals surface area (Å²) in [6.45, 7) is 23.0. The van der Waals surface area contributed by atoms with Crippen LogP contribution >= 0.6 is 0 Å². The van der Waals surface area contributed by atoms with Gasteiger partial charge in [-0.15, -0.1) is 53.6 Å². The minimum Gasteiger partial charge on any atom is -0.501 e. The summed E-state index contributed by atoms with van der Waals surface area (Å²) in [5.41, 5.74) is 12.7. The predicted octanol–water partition coefficient (Wildman–Crippen LogP) is 14.8. The minimum atomic E-state index is -1.59. The molecule has 0 aliphatic heterocycles. The van der Waals surface area contributed by atoms with Crippen molar-refractivity contribution < 1.29 is 28.9 Å². The first kappa shape index (κ1) is 44.6.